The van der Waals surface area contributed by atoms with Gasteiger partial charge in [0.05, 0.1) is 0 Å². The van der Waals surface area contributed by atoms with Crippen LogP contribution in [0.5, 0.6) is 0 Å². The summed E-state index contributed by atoms with van der Waals surface area (Å²) in [5.74, 6) is 0. The largest absolute Gasteiger partial charge is 0.0919 e. The summed E-state index contributed by atoms with van der Waals surface area (Å²) >= 11 is 0. The molecule has 0 aromatic heterocycles. The Morgan fingerprint density at radius 1 is 1.00 bits per heavy atom. The standard InChI is InChI=1S/C4H8.CH4/c1-3-4-2;/h3-4H,1-2H3;1H4. The highest BCUT2D eigenvalue weighted by atomic mass is 13.4. The number of hydrogen-bond donors (Lipinski definition) is 0. The summed E-state index contributed by atoms with van der Waals surface area (Å²) in [7, 11) is 0. The first kappa shape index (κ1) is 8.83. The number of allylic oxidation sites excluding steroid dienone is 2. The minimum Gasteiger partial charge on any atom is -0.0919 e. The van der Waals surface area contributed by atoms with E-state index in [0.29, 0.717) is 0 Å². The van der Waals surface area contributed by atoms with Crippen molar-refractivity contribution in [3.8, 4) is 0 Å². The average molecular weight is 72.2 g/mol. The molecule has 0 atom stereocenters. The van der Waals surface area contributed by atoms with Gasteiger partial charge >= 0.3 is 0 Å². The van der Waals surface area contributed by atoms with E-state index in [4.69, 9.17) is 0 Å². The summed E-state index contributed by atoms with van der Waals surface area (Å²) in [6.45, 7) is 4.00. The van der Waals surface area contributed by atoms with Crippen molar-refractivity contribution >= 4 is 0 Å². The second-order valence-corrected chi connectivity index (χ2v) is 0.667. The van der Waals surface area contributed by atoms with Crippen molar-refractivity contribution in [2.75, 3.05) is 0 Å². The van der Waals surface area contributed by atoms with Crippen LogP contribution in [0.3, 0.4) is 0 Å². The molecule has 0 saturated heterocycles. The Morgan fingerprint density at radius 3 is 1.20 bits per heavy atom. The molecule has 0 rings (SSSR count). The molecule has 0 aliphatic rings. The van der Waals surface area contributed by atoms with Crippen LogP contribution in [0.25, 0.3) is 0 Å². The topological polar surface area (TPSA) is 0 Å². The highest BCUT2D eigenvalue weighted by molar-refractivity contribution is 4.68. The minimum absolute atomic E-state index is 0. The van der Waals surface area contributed by atoms with Gasteiger partial charge in [0.1, 0.15) is 0 Å². The molecule has 0 aliphatic carbocycles. The summed E-state index contributed by atoms with van der Waals surface area (Å²) in [5.41, 5.74) is 0. The molecule has 0 spiro atoms. The van der Waals surface area contributed by atoms with Gasteiger partial charge < -0.3 is 0 Å². The summed E-state index contributed by atoms with van der Waals surface area (Å²) in [6, 6.07) is 0. The van der Waals surface area contributed by atoms with Crippen molar-refractivity contribution < 1.29 is 0 Å². The molecule has 32 valence electrons. The molecule has 0 unspecified atom stereocenters. The Labute approximate surface area is 34.5 Å². The van der Waals surface area contributed by atoms with E-state index >= 15 is 0 Å². The van der Waals surface area contributed by atoms with Crippen molar-refractivity contribution in [3.63, 3.8) is 0 Å². The van der Waals surface area contributed by atoms with Gasteiger partial charge in [0.2, 0.25) is 0 Å². The molecular formula is C5H12. The lowest BCUT2D eigenvalue weighted by Crippen LogP contribution is -1.26. The molecule has 0 aromatic carbocycles. The zero-order valence-corrected chi connectivity index (χ0v) is 3.15. The summed E-state index contributed by atoms with van der Waals surface area (Å²) < 4.78 is 0. The minimum atomic E-state index is 0. The van der Waals surface area contributed by atoms with Gasteiger partial charge in [0, 0.05) is 0 Å². The summed E-state index contributed by atoms with van der Waals surface area (Å²) in [5, 5.41) is 0. The van der Waals surface area contributed by atoms with Crippen LogP contribution in [0, 0.1) is 0 Å². The van der Waals surface area contributed by atoms with Crippen LogP contribution in [0.15, 0.2) is 12.2 Å². The number of rotatable bonds is 0. The molecular weight excluding hydrogens is 60.1 g/mol. The normalized spacial score (nSPS) is 7.60. The molecule has 0 N–H and O–H groups in total. The molecule has 0 radical (unpaired) electrons. The second-order valence-electron chi connectivity index (χ2n) is 0.667. The van der Waals surface area contributed by atoms with Crippen LogP contribution in [-0.4, -0.2) is 0 Å². The predicted octanol–water partition coefficient (Wildman–Crippen LogP) is 2.22. The van der Waals surface area contributed by atoms with E-state index in [1.807, 2.05) is 26.0 Å². The van der Waals surface area contributed by atoms with Crippen molar-refractivity contribution in [1.29, 1.82) is 0 Å². The third kappa shape index (κ3) is 20.7. The van der Waals surface area contributed by atoms with Gasteiger partial charge in [-0.3, -0.25) is 0 Å². The van der Waals surface area contributed by atoms with Crippen molar-refractivity contribution in [3.05, 3.63) is 12.2 Å². The van der Waals surface area contributed by atoms with Crippen molar-refractivity contribution in [2.45, 2.75) is 21.3 Å². The van der Waals surface area contributed by atoms with Crippen LogP contribution < -0.4 is 0 Å². The zero-order chi connectivity index (χ0) is 3.41. The van der Waals surface area contributed by atoms with Crippen LogP contribution in [-0.2, 0) is 0 Å². The SMILES string of the molecule is C.CC=CC. The highest BCUT2D eigenvalue weighted by Gasteiger charge is 1.34. The van der Waals surface area contributed by atoms with Crippen LogP contribution >= 0.6 is 0 Å². The fourth-order valence-corrected chi connectivity index (χ4v) is 0. The van der Waals surface area contributed by atoms with E-state index in [1.165, 1.54) is 0 Å². The first-order chi connectivity index (χ1) is 1.91. The average Bonchev–Trinajstić information content (AvgIpc) is 1.37. The lowest BCUT2D eigenvalue weighted by Gasteiger charge is -1.49. The van der Waals surface area contributed by atoms with Crippen molar-refractivity contribution in [2.24, 2.45) is 0 Å². The number of hydrogen-bond acceptors (Lipinski definition) is 0. The Morgan fingerprint density at radius 2 is 1.20 bits per heavy atom. The smallest absolute Gasteiger partial charge is 0.0470 e. The molecule has 0 heteroatoms. The molecule has 0 bridgehead atoms. The third-order valence-corrected chi connectivity index (χ3v) is 0.333. The van der Waals surface area contributed by atoms with E-state index in [9.17, 15) is 0 Å². The first-order valence-corrected chi connectivity index (χ1v) is 1.49. The molecule has 0 nitrogen and oxygen atoms in total. The van der Waals surface area contributed by atoms with Crippen molar-refractivity contribution in [1.82, 2.24) is 0 Å². The van der Waals surface area contributed by atoms with Crippen LogP contribution in [0.2, 0.25) is 0 Å². The van der Waals surface area contributed by atoms with Gasteiger partial charge in [-0.1, -0.05) is 19.6 Å². The highest BCUT2D eigenvalue weighted by Crippen LogP contribution is 1.57. The zero-order valence-electron chi connectivity index (χ0n) is 3.15. The van der Waals surface area contributed by atoms with Gasteiger partial charge in [-0.2, -0.15) is 0 Å². The van der Waals surface area contributed by atoms with Crippen LogP contribution in [0.1, 0.15) is 21.3 Å². The molecule has 0 amide bonds. The lowest BCUT2D eigenvalue weighted by atomic mass is 10.6. The molecule has 0 aromatic rings. The first-order valence-electron chi connectivity index (χ1n) is 1.49. The maximum Gasteiger partial charge on any atom is -0.0470 e. The Bertz CT molecular complexity index is 15.2. The van der Waals surface area contributed by atoms with E-state index in [1.54, 1.807) is 0 Å². The molecule has 0 heterocycles. The molecule has 5 heavy (non-hydrogen) atoms. The Hall–Kier alpha value is -0.260. The maximum atomic E-state index is 2.00. The van der Waals surface area contributed by atoms with Gasteiger partial charge in [-0.25, -0.2) is 0 Å². The van der Waals surface area contributed by atoms with Gasteiger partial charge in [-0.05, 0) is 13.8 Å². The third-order valence-electron chi connectivity index (χ3n) is 0.333. The lowest BCUT2D eigenvalue weighted by molar-refractivity contribution is 1.64. The molecule has 0 aliphatic heterocycles. The van der Waals surface area contributed by atoms with E-state index in [2.05, 4.69) is 0 Å². The maximum absolute atomic E-state index is 2.00. The van der Waals surface area contributed by atoms with Gasteiger partial charge in [0.25, 0.3) is 0 Å². The fraction of sp³-hybridized carbons (Fsp3) is 0.600. The van der Waals surface area contributed by atoms with E-state index in [-0.39, 0.29) is 7.43 Å². The quantitative estimate of drug-likeness (QED) is 0.385. The Kier molecular flexibility index (Phi) is 16.4. The second kappa shape index (κ2) is 9.27. The van der Waals surface area contributed by atoms with E-state index in [0.717, 1.165) is 0 Å². The van der Waals surface area contributed by atoms with E-state index < -0.39 is 0 Å². The Balaban J connectivity index is 0. The van der Waals surface area contributed by atoms with Gasteiger partial charge in [0.15, 0.2) is 0 Å². The summed E-state index contributed by atoms with van der Waals surface area (Å²) in [6.07, 6.45) is 4.00. The molecule has 0 fully saturated rings. The van der Waals surface area contributed by atoms with Gasteiger partial charge in [-0.15, -0.1) is 0 Å². The fourth-order valence-electron chi connectivity index (χ4n) is 0. The molecule has 0 saturated carbocycles. The monoisotopic (exact) mass is 72.1 g/mol. The van der Waals surface area contributed by atoms with Crippen LogP contribution in [0.4, 0.5) is 0 Å². The summed E-state index contributed by atoms with van der Waals surface area (Å²) in [4.78, 5) is 0. The predicted molar refractivity (Wildman–Crippen MR) is 27.2 cm³/mol.